The van der Waals surface area contributed by atoms with Gasteiger partial charge in [0.05, 0.1) is 17.7 Å². The Bertz CT molecular complexity index is 884. The van der Waals surface area contributed by atoms with Crippen molar-refractivity contribution in [3.63, 3.8) is 0 Å². The molecule has 1 aliphatic heterocycles. The predicted octanol–water partition coefficient (Wildman–Crippen LogP) is 3.47. The van der Waals surface area contributed by atoms with Crippen molar-refractivity contribution in [3.8, 4) is 0 Å². The second kappa shape index (κ2) is 5.94. The average Bonchev–Trinajstić information content (AvgIpc) is 2.73. The average molecular weight is 414 g/mol. The Balaban J connectivity index is 1.98. The van der Waals surface area contributed by atoms with E-state index in [1.807, 2.05) is 0 Å². The van der Waals surface area contributed by atoms with Gasteiger partial charge in [0.25, 0.3) is 11.8 Å². The Kier molecular flexibility index (Phi) is 4.18. The number of benzene rings is 1. The van der Waals surface area contributed by atoms with Gasteiger partial charge in [0.2, 0.25) is 0 Å². The monoisotopic (exact) mass is 413 g/mol. The van der Waals surface area contributed by atoms with Gasteiger partial charge in [-0.1, -0.05) is 22.0 Å². The number of hydrogen-bond donors (Lipinski definition) is 0. The fraction of sp³-hybridized carbons (Fsp3) is 0.235. The fourth-order valence-electron chi connectivity index (χ4n) is 2.83. The number of rotatable bonds is 2. The number of halogens is 4. The third-order valence-electron chi connectivity index (χ3n) is 4.08. The quantitative estimate of drug-likeness (QED) is 0.697. The second-order valence-corrected chi connectivity index (χ2v) is 6.65. The number of hydrogen-bond acceptors (Lipinski definition) is 3. The van der Waals surface area contributed by atoms with Crippen LogP contribution in [-0.4, -0.2) is 22.5 Å². The van der Waals surface area contributed by atoms with E-state index in [1.165, 1.54) is 19.1 Å². The van der Waals surface area contributed by atoms with Gasteiger partial charge in [-0.15, -0.1) is 0 Å². The van der Waals surface area contributed by atoms with E-state index >= 15 is 0 Å². The van der Waals surface area contributed by atoms with Gasteiger partial charge in [-0.25, -0.2) is 0 Å². The predicted molar refractivity (Wildman–Crippen MR) is 85.2 cm³/mol. The Morgan fingerprint density at radius 2 is 1.76 bits per heavy atom. The fourth-order valence-corrected chi connectivity index (χ4v) is 3.41. The van der Waals surface area contributed by atoms with Crippen molar-refractivity contribution in [2.24, 2.45) is 0 Å². The van der Waals surface area contributed by atoms with Gasteiger partial charge in [0.1, 0.15) is 0 Å². The van der Waals surface area contributed by atoms with Gasteiger partial charge in [-0.3, -0.25) is 19.3 Å². The number of fused-ring (bicyclic) bond motifs is 1. The Labute approximate surface area is 149 Å². The van der Waals surface area contributed by atoms with Crippen LogP contribution < -0.4 is 0 Å². The number of amides is 2. The molecule has 0 radical (unpaired) electrons. The summed E-state index contributed by atoms with van der Waals surface area (Å²) in [7, 11) is 0. The second-order valence-electron chi connectivity index (χ2n) is 5.80. The summed E-state index contributed by atoms with van der Waals surface area (Å²) < 4.78 is 39.6. The summed E-state index contributed by atoms with van der Waals surface area (Å²) in [6, 6.07) is 2.23. The van der Waals surface area contributed by atoms with Crippen molar-refractivity contribution in [2.75, 3.05) is 0 Å². The first-order chi connectivity index (χ1) is 11.6. The molecule has 2 amide bonds. The van der Waals surface area contributed by atoms with Crippen LogP contribution in [0.4, 0.5) is 13.2 Å². The topological polar surface area (TPSA) is 54.5 Å². The third kappa shape index (κ3) is 3.06. The molecular weight excluding hydrogens is 403 g/mol. The summed E-state index contributed by atoms with van der Waals surface area (Å²) in [6.07, 6.45) is -2.02. The van der Waals surface area contributed by atoms with E-state index in [0.717, 1.165) is 17.0 Å². The molecule has 1 aromatic rings. The van der Waals surface area contributed by atoms with Crippen LogP contribution in [0.1, 0.15) is 23.1 Å². The highest BCUT2D eigenvalue weighted by atomic mass is 79.9. The number of carbonyl (C=O) groups excluding carboxylic acids is 3. The minimum Gasteiger partial charge on any atom is -0.294 e. The van der Waals surface area contributed by atoms with Crippen LogP contribution in [-0.2, 0) is 27.1 Å². The molecule has 0 unspecified atom stereocenters. The number of likely N-dealkylation sites (tertiary alicyclic amines) is 1. The minimum atomic E-state index is -4.54. The molecule has 0 saturated carbocycles. The molecule has 130 valence electrons. The zero-order valence-electron chi connectivity index (χ0n) is 12.9. The molecule has 25 heavy (non-hydrogen) atoms. The maximum absolute atomic E-state index is 13.1. The number of aryl methyl sites for hydroxylation is 1. The highest BCUT2D eigenvalue weighted by Crippen LogP contribution is 2.36. The van der Waals surface area contributed by atoms with Crippen molar-refractivity contribution in [1.82, 2.24) is 4.90 Å². The summed E-state index contributed by atoms with van der Waals surface area (Å²) in [6.45, 7) is 1.02. The normalized spacial score (nSPS) is 17.6. The molecule has 0 aromatic heterocycles. The standard InChI is InChI=1S/C17H11BrF3NO3/c1-8-4-14(18)9(5-13(8)17(19,20)21)7-22-15(24)11-3-2-10(23)6-12(11)16(22)25/h3-6H,2,7H2,1H3. The van der Waals surface area contributed by atoms with Crippen LogP contribution in [0.25, 0.3) is 0 Å². The molecule has 0 bridgehead atoms. The van der Waals surface area contributed by atoms with Gasteiger partial charge in [0.15, 0.2) is 5.78 Å². The van der Waals surface area contributed by atoms with E-state index in [0.29, 0.717) is 4.47 Å². The molecule has 4 nitrogen and oxygen atoms in total. The first-order valence-corrected chi connectivity index (χ1v) is 8.06. The summed E-state index contributed by atoms with van der Waals surface area (Å²) in [5, 5.41) is 0. The van der Waals surface area contributed by atoms with Crippen molar-refractivity contribution in [2.45, 2.75) is 26.1 Å². The maximum Gasteiger partial charge on any atom is 0.416 e. The summed E-state index contributed by atoms with van der Waals surface area (Å²) in [4.78, 5) is 37.0. The largest absolute Gasteiger partial charge is 0.416 e. The van der Waals surface area contributed by atoms with Crippen LogP contribution in [0, 0.1) is 6.92 Å². The van der Waals surface area contributed by atoms with E-state index in [-0.39, 0.29) is 41.0 Å². The maximum atomic E-state index is 13.1. The first-order valence-electron chi connectivity index (χ1n) is 7.27. The van der Waals surface area contributed by atoms with Crippen molar-refractivity contribution < 1.29 is 27.6 Å². The molecule has 1 saturated heterocycles. The van der Waals surface area contributed by atoms with Crippen LogP contribution in [0.5, 0.6) is 0 Å². The number of alkyl halides is 3. The molecular formula is C17H11BrF3NO3. The van der Waals surface area contributed by atoms with Gasteiger partial charge >= 0.3 is 6.18 Å². The molecule has 1 heterocycles. The van der Waals surface area contributed by atoms with Gasteiger partial charge in [-0.05, 0) is 36.3 Å². The van der Waals surface area contributed by atoms with Crippen LogP contribution >= 0.6 is 15.9 Å². The van der Waals surface area contributed by atoms with Gasteiger partial charge < -0.3 is 0 Å². The molecule has 0 N–H and O–H groups in total. The summed E-state index contributed by atoms with van der Waals surface area (Å²) in [5.41, 5.74) is -0.502. The lowest BCUT2D eigenvalue weighted by Crippen LogP contribution is -2.29. The molecule has 0 atom stereocenters. The SMILES string of the molecule is Cc1cc(Br)c(CN2C(=O)C3=CCC(=O)C=C3C2=O)cc1C(F)(F)F. The summed E-state index contributed by atoms with van der Waals surface area (Å²) >= 11 is 3.18. The van der Waals surface area contributed by atoms with Crippen LogP contribution in [0.15, 0.2) is 39.9 Å². The van der Waals surface area contributed by atoms with Gasteiger partial charge in [0, 0.05) is 16.5 Å². The lowest BCUT2D eigenvalue weighted by Gasteiger charge is -2.18. The lowest BCUT2D eigenvalue weighted by atomic mass is 9.99. The van der Waals surface area contributed by atoms with Crippen molar-refractivity contribution >= 4 is 33.5 Å². The molecule has 8 heteroatoms. The Morgan fingerprint density at radius 1 is 1.12 bits per heavy atom. The van der Waals surface area contributed by atoms with Crippen LogP contribution in [0.2, 0.25) is 0 Å². The zero-order chi connectivity index (χ0) is 18.5. The first kappa shape index (κ1) is 17.6. The number of nitrogens with zero attached hydrogens (tertiary/aromatic N) is 1. The molecule has 1 aliphatic carbocycles. The molecule has 3 rings (SSSR count). The van der Waals surface area contributed by atoms with E-state index in [9.17, 15) is 27.6 Å². The number of allylic oxidation sites excluding steroid dienone is 2. The zero-order valence-corrected chi connectivity index (χ0v) is 14.5. The van der Waals surface area contributed by atoms with Gasteiger partial charge in [-0.2, -0.15) is 13.2 Å². The van der Waals surface area contributed by atoms with Crippen LogP contribution in [0.3, 0.4) is 0 Å². The molecule has 2 aliphatic rings. The smallest absolute Gasteiger partial charge is 0.294 e. The Morgan fingerprint density at radius 3 is 2.40 bits per heavy atom. The summed E-state index contributed by atoms with van der Waals surface area (Å²) in [5.74, 6) is -1.58. The third-order valence-corrected chi connectivity index (χ3v) is 4.82. The van der Waals surface area contributed by atoms with Crippen molar-refractivity contribution in [1.29, 1.82) is 0 Å². The lowest BCUT2D eigenvalue weighted by molar-refractivity contribution is -0.138. The molecule has 0 spiro atoms. The highest BCUT2D eigenvalue weighted by Gasteiger charge is 2.41. The van der Waals surface area contributed by atoms with E-state index in [4.69, 9.17) is 0 Å². The minimum absolute atomic E-state index is 0.000490. The highest BCUT2D eigenvalue weighted by molar-refractivity contribution is 9.10. The van der Waals surface area contributed by atoms with Crippen molar-refractivity contribution in [3.05, 3.63) is 56.6 Å². The number of imide groups is 1. The molecule has 1 aromatic carbocycles. The molecule has 1 fully saturated rings. The Hall–Kier alpha value is -2.22. The van der Waals surface area contributed by atoms with E-state index in [1.54, 1.807) is 0 Å². The van der Waals surface area contributed by atoms with E-state index < -0.39 is 23.6 Å². The number of ketones is 1. The number of carbonyl (C=O) groups is 3. The van der Waals surface area contributed by atoms with E-state index in [2.05, 4.69) is 15.9 Å².